The zero-order valence-corrected chi connectivity index (χ0v) is 7.77. The fourth-order valence-corrected chi connectivity index (χ4v) is 1.51. The maximum Gasteiger partial charge on any atom is 0.180 e. The fraction of sp³-hybridized carbons (Fsp3) is 0.571. The predicted octanol–water partition coefficient (Wildman–Crippen LogP) is 0.368. The fourth-order valence-electron chi connectivity index (χ4n) is 0.836. The quantitative estimate of drug-likeness (QED) is 0.637. The lowest BCUT2D eigenvalue weighted by molar-refractivity contribution is 0.179. The molecule has 4 nitrogen and oxygen atoms in total. The summed E-state index contributed by atoms with van der Waals surface area (Å²) in [5, 5.41) is 13.1. The van der Waals surface area contributed by atoms with Crippen LogP contribution in [0.5, 0.6) is 0 Å². The molecule has 1 heterocycles. The Bertz CT molecular complexity index is 238. The third kappa shape index (κ3) is 2.44. The average Bonchev–Trinajstić information content (AvgIpc) is 2.47. The second-order valence-corrected chi connectivity index (χ2v) is 3.52. The molecule has 1 rings (SSSR count). The van der Waals surface area contributed by atoms with Crippen LogP contribution in [0.15, 0.2) is 6.20 Å². The van der Waals surface area contributed by atoms with E-state index in [0.29, 0.717) is 11.7 Å². The molecule has 0 spiro atoms. The van der Waals surface area contributed by atoms with Crippen molar-refractivity contribution in [3.05, 3.63) is 11.1 Å². The summed E-state index contributed by atoms with van der Waals surface area (Å²) < 4.78 is 0. The lowest BCUT2D eigenvalue weighted by Gasteiger charge is -2.06. The third-order valence-corrected chi connectivity index (χ3v) is 2.39. The van der Waals surface area contributed by atoms with Crippen LogP contribution in [-0.4, -0.2) is 23.2 Å². The minimum atomic E-state index is -0.486. The molecule has 0 radical (unpaired) electrons. The molecule has 5 heteroatoms. The number of hydrogen-bond donors (Lipinski definition) is 3. The number of thiazole rings is 1. The Kier molecular flexibility index (Phi) is 3.46. The first kappa shape index (κ1) is 9.44. The number of hydrogen-bond acceptors (Lipinski definition) is 5. The van der Waals surface area contributed by atoms with Crippen molar-refractivity contribution in [3.8, 4) is 0 Å². The summed E-state index contributed by atoms with van der Waals surface area (Å²) in [5.74, 6) is 0. The smallest absolute Gasteiger partial charge is 0.180 e. The Morgan fingerprint density at radius 3 is 3.08 bits per heavy atom. The molecule has 1 aromatic heterocycles. The Balaban J connectivity index is 2.47. The molecule has 0 aliphatic carbocycles. The average molecular weight is 187 g/mol. The molecule has 68 valence electrons. The highest BCUT2D eigenvalue weighted by atomic mass is 32.1. The number of nitrogens with zero attached hydrogens (tertiary/aromatic N) is 1. The number of rotatable bonds is 4. The standard InChI is InChI=1S/C7H13N3OS/c1-2-9-3-5(11)6-4-10-7(8)12-6/h4-5,9,11H,2-3H2,1H3,(H2,8,10). The number of nitrogens with one attached hydrogen (secondary N) is 1. The summed E-state index contributed by atoms with van der Waals surface area (Å²) in [7, 11) is 0. The van der Waals surface area contributed by atoms with Crippen molar-refractivity contribution in [2.45, 2.75) is 13.0 Å². The summed E-state index contributed by atoms with van der Waals surface area (Å²) in [6, 6.07) is 0. The van der Waals surface area contributed by atoms with Gasteiger partial charge in [0.1, 0.15) is 6.10 Å². The number of likely N-dealkylation sites (N-methyl/N-ethyl adjacent to an activating group) is 1. The molecule has 1 aromatic rings. The molecule has 0 aliphatic heterocycles. The Labute approximate surface area is 75.4 Å². The van der Waals surface area contributed by atoms with E-state index >= 15 is 0 Å². The Hall–Kier alpha value is -0.650. The molecular weight excluding hydrogens is 174 g/mol. The topological polar surface area (TPSA) is 71.2 Å². The molecule has 4 N–H and O–H groups in total. The summed E-state index contributed by atoms with van der Waals surface area (Å²) in [6.07, 6.45) is 1.13. The van der Waals surface area contributed by atoms with Gasteiger partial charge < -0.3 is 16.2 Å². The van der Waals surface area contributed by atoms with E-state index < -0.39 is 6.10 Å². The zero-order chi connectivity index (χ0) is 8.97. The van der Waals surface area contributed by atoms with Gasteiger partial charge >= 0.3 is 0 Å². The van der Waals surface area contributed by atoms with Gasteiger partial charge in [-0.15, -0.1) is 0 Å². The van der Waals surface area contributed by atoms with Crippen LogP contribution in [0.25, 0.3) is 0 Å². The summed E-state index contributed by atoms with van der Waals surface area (Å²) in [4.78, 5) is 4.67. The Morgan fingerprint density at radius 2 is 2.58 bits per heavy atom. The van der Waals surface area contributed by atoms with Gasteiger partial charge in [-0.05, 0) is 6.54 Å². The monoisotopic (exact) mass is 187 g/mol. The van der Waals surface area contributed by atoms with Crippen molar-refractivity contribution in [1.29, 1.82) is 0 Å². The molecule has 1 unspecified atom stereocenters. The van der Waals surface area contributed by atoms with E-state index in [1.165, 1.54) is 11.3 Å². The van der Waals surface area contributed by atoms with Crippen LogP contribution < -0.4 is 11.1 Å². The van der Waals surface area contributed by atoms with Crippen molar-refractivity contribution in [2.24, 2.45) is 0 Å². The highest BCUT2D eigenvalue weighted by molar-refractivity contribution is 7.15. The van der Waals surface area contributed by atoms with Crippen molar-refractivity contribution in [3.63, 3.8) is 0 Å². The molecule has 0 bridgehead atoms. The van der Waals surface area contributed by atoms with Crippen molar-refractivity contribution < 1.29 is 5.11 Å². The van der Waals surface area contributed by atoms with E-state index in [0.717, 1.165) is 11.4 Å². The normalized spacial score (nSPS) is 13.2. The van der Waals surface area contributed by atoms with Gasteiger partial charge in [-0.3, -0.25) is 0 Å². The van der Waals surface area contributed by atoms with Crippen LogP contribution >= 0.6 is 11.3 Å². The molecule has 0 amide bonds. The SMILES string of the molecule is CCNCC(O)c1cnc(N)s1. The van der Waals surface area contributed by atoms with Gasteiger partial charge in [0.2, 0.25) is 0 Å². The summed E-state index contributed by atoms with van der Waals surface area (Å²) in [6.45, 7) is 3.40. The second-order valence-electron chi connectivity index (χ2n) is 2.42. The third-order valence-electron chi connectivity index (χ3n) is 1.46. The molecule has 0 saturated carbocycles. The van der Waals surface area contributed by atoms with Gasteiger partial charge in [-0.2, -0.15) is 0 Å². The number of aromatic nitrogens is 1. The van der Waals surface area contributed by atoms with Crippen LogP contribution in [-0.2, 0) is 0 Å². The highest BCUT2D eigenvalue weighted by Gasteiger charge is 2.09. The van der Waals surface area contributed by atoms with Crippen LogP contribution in [0.4, 0.5) is 5.13 Å². The number of aliphatic hydroxyl groups is 1. The van der Waals surface area contributed by atoms with E-state index in [1.807, 2.05) is 6.92 Å². The maximum absolute atomic E-state index is 9.52. The van der Waals surface area contributed by atoms with E-state index in [9.17, 15) is 5.11 Å². The molecule has 0 fully saturated rings. The van der Waals surface area contributed by atoms with Gasteiger partial charge in [-0.1, -0.05) is 18.3 Å². The number of anilines is 1. The molecular formula is C7H13N3OS. The number of aliphatic hydroxyl groups excluding tert-OH is 1. The zero-order valence-electron chi connectivity index (χ0n) is 6.95. The lowest BCUT2D eigenvalue weighted by atomic mass is 10.3. The van der Waals surface area contributed by atoms with Crippen LogP contribution in [0, 0.1) is 0 Å². The summed E-state index contributed by atoms with van der Waals surface area (Å²) in [5.41, 5.74) is 5.42. The number of nitrogens with two attached hydrogens (primary N) is 1. The van der Waals surface area contributed by atoms with Gasteiger partial charge in [0.25, 0.3) is 0 Å². The first-order chi connectivity index (χ1) is 5.74. The minimum Gasteiger partial charge on any atom is -0.386 e. The van der Waals surface area contributed by atoms with Crippen molar-refractivity contribution in [1.82, 2.24) is 10.3 Å². The van der Waals surface area contributed by atoms with E-state index in [2.05, 4.69) is 10.3 Å². The van der Waals surface area contributed by atoms with E-state index in [1.54, 1.807) is 6.20 Å². The molecule has 0 saturated heterocycles. The van der Waals surface area contributed by atoms with Gasteiger partial charge in [0, 0.05) is 12.7 Å². The molecule has 0 aromatic carbocycles. The first-order valence-electron chi connectivity index (χ1n) is 3.84. The highest BCUT2D eigenvalue weighted by Crippen LogP contribution is 2.21. The van der Waals surface area contributed by atoms with Gasteiger partial charge in [-0.25, -0.2) is 4.98 Å². The van der Waals surface area contributed by atoms with E-state index in [4.69, 9.17) is 5.73 Å². The largest absolute Gasteiger partial charge is 0.386 e. The van der Waals surface area contributed by atoms with Gasteiger partial charge in [0.15, 0.2) is 5.13 Å². The van der Waals surface area contributed by atoms with Gasteiger partial charge in [0.05, 0.1) is 4.88 Å². The van der Waals surface area contributed by atoms with Crippen molar-refractivity contribution >= 4 is 16.5 Å². The minimum absolute atomic E-state index is 0.486. The van der Waals surface area contributed by atoms with Crippen LogP contribution in [0.2, 0.25) is 0 Å². The van der Waals surface area contributed by atoms with E-state index in [-0.39, 0.29) is 0 Å². The summed E-state index contributed by atoms with van der Waals surface area (Å²) >= 11 is 1.32. The van der Waals surface area contributed by atoms with Crippen LogP contribution in [0.1, 0.15) is 17.9 Å². The molecule has 0 aliphatic rings. The predicted molar refractivity (Wildman–Crippen MR) is 50.0 cm³/mol. The molecule has 12 heavy (non-hydrogen) atoms. The Morgan fingerprint density at radius 1 is 1.83 bits per heavy atom. The lowest BCUT2D eigenvalue weighted by Crippen LogP contribution is -2.20. The van der Waals surface area contributed by atoms with Crippen molar-refractivity contribution in [2.75, 3.05) is 18.8 Å². The molecule has 1 atom stereocenters. The number of nitrogen functional groups attached to an aromatic ring is 1. The first-order valence-corrected chi connectivity index (χ1v) is 4.65. The van der Waals surface area contributed by atoms with Crippen LogP contribution in [0.3, 0.4) is 0 Å². The second kappa shape index (κ2) is 4.39. The maximum atomic E-state index is 9.52.